The molecule has 0 bridgehead atoms. The van der Waals surface area contributed by atoms with Crippen molar-refractivity contribution in [3.05, 3.63) is 4.91 Å². The van der Waals surface area contributed by atoms with Crippen molar-refractivity contribution in [2.75, 3.05) is 6.61 Å². The third-order valence-electron chi connectivity index (χ3n) is 5.92. The number of carbonyl (C=O) groups excluding carboxylic acids is 2. The van der Waals surface area contributed by atoms with Crippen LogP contribution in [0.4, 0.5) is 0 Å². The molecule has 1 aliphatic carbocycles. The quantitative estimate of drug-likeness (QED) is 0.360. The number of hydrogen-bond acceptors (Lipinski definition) is 6. The van der Waals surface area contributed by atoms with Crippen LogP contribution in [0.2, 0.25) is 0 Å². The summed E-state index contributed by atoms with van der Waals surface area (Å²) >= 11 is 0. The minimum atomic E-state index is -1.04. The molecule has 1 amide bonds. The number of esters is 1. The molecule has 1 saturated carbocycles. The summed E-state index contributed by atoms with van der Waals surface area (Å²) in [4.78, 5) is 50.4. The van der Waals surface area contributed by atoms with Crippen LogP contribution >= 0.6 is 0 Å². The number of carboxylic acids is 1. The van der Waals surface area contributed by atoms with E-state index in [1.165, 1.54) is 11.8 Å². The fraction of sp³-hybridized carbons (Fsp3) is 0.842. The normalized spacial score (nSPS) is 26.1. The SMILES string of the molecule is CCC[C@@H](C(=O)OCC)N(N=O)[C@@H](C)C(=O)N1[C@@H](C(=O)O)C[C@H]2CCCC[C@H]21. The van der Waals surface area contributed by atoms with Crippen molar-refractivity contribution in [3.8, 4) is 0 Å². The van der Waals surface area contributed by atoms with Gasteiger partial charge < -0.3 is 14.7 Å². The maximum Gasteiger partial charge on any atom is 0.330 e. The number of nitrogens with zero attached hydrogens (tertiary/aromatic N) is 3. The van der Waals surface area contributed by atoms with Gasteiger partial charge in [0.25, 0.3) is 0 Å². The predicted octanol–water partition coefficient (Wildman–Crippen LogP) is 2.33. The molecule has 9 heteroatoms. The van der Waals surface area contributed by atoms with Crippen LogP contribution in [-0.4, -0.2) is 63.6 Å². The highest BCUT2D eigenvalue weighted by Gasteiger charge is 2.49. The lowest BCUT2D eigenvalue weighted by atomic mass is 9.84. The standard InChI is InChI=1S/C19H31N3O6/c1-4-8-15(19(26)28-5-2)22(20-27)12(3)17(23)21-14-10-7-6-9-13(14)11-16(21)18(24)25/h12-16H,4-11H2,1-3H3,(H,24,25)/t12-,13+,14+,15-,16+/m0/s1. The molecule has 5 atom stereocenters. The molecule has 1 aliphatic heterocycles. The summed E-state index contributed by atoms with van der Waals surface area (Å²) in [5.41, 5.74) is 0. The first-order valence-corrected chi connectivity index (χ1v) is 10.2. The average Bonchev–Trinajstić information content (AvgIpc) is 3.07. The smallest absolute Gasteiger partial charge is 0.330 e. The Morgan fingerprint density at radius 3 is 2.50 bits per heavy atom. The Bertz CT molecular complexity index is 598. The van der Waals surface area contributed by atoms with Crippen molar-refractivity contribution in [2.24, 2.45) is 11.2 Å². The summed E-state index contributed by atoms with van der Waals surface area (Å²) in [6.07, 6.45) is 5.00. The number of carbonyl (C=O) groups is 3. The first kappa shape index (κ1) is 22.1. The molecular weight excluding hydrogens is 366 g/mol. The molecular formula is C19H31N3O6. The molecule has 0 unspecified atom stereocenters. The van der Waals surface area contributed by atoms with Gasteiger partial charge in [-0.15, -0.1) is 4.91 Å². The van der Waals surface area contributed by atoms with E-state index in [1.807, 2.05) is 6.92 Å². The maximum absolute atomic E-state index is 13.3. The van der Waals surface area contributed by atoms with E-state index in [0.717, 1.165) is 30.7 Å². The number of likely N-dealkylation sites (tertiary alicyclic amines) is 1. The van der Waals surface area contributed by atoms with Gasteiger partial charge in [-0.25, -0.2) is 14.6 Å². The van der Waals surface area contributed by atoms with Crippen LogP contribution in [-0.2, 0) is 19.1 Å². The van der Waals surface area contributed by atoms with Crippen LogP contribution in [0.15, 0.2) is 5.29 Å². The fourth-order valence-electron chi connectivity index (χ4n) is 4.59. The molecule has 0 aromatic carbocycles. The van der Waals surface area contributed by atoms with Crippen molar-refractivity contribution < 1.29 is 24.2 Å². The zero-order valence-electron chi connectivity index (χ0n) is 16.9. The summed E-state index contributed by atoms with van der Waals surface area (Å²) in [6, 6.07) is -3.04. The molecule has 1 saturated heterocycles. The number of amides is 1. The molecule has 1 heterocycles. The zero-order valence-corrected chi connectivity index (χ0v) is 16.9. The van der Waals surface area contributed by atoms with Gasteiger partial charge >= 0.3 is 11.9 Å². The van der Waals surface area contributed by atoms with Crippen molar-refractivity contribution in [1.29, 1.82) is 0 Å². The van der Waals surface area contributed by atoms with Gasteiger partial charge in [-0.3, -0.25) is 4.79 Å². The van der Waals surface area contributed by atoms with E-state index in [0.29, 0.717) is 19.3 Å². The average molecular weight is 397 g/mol. The number of aliphatic carboxylic acids is 1. The van der Waals surface area contributed by atoms with Gasteiger partial charge in [-0.2, -0.15) is 0 Å². The van der Waals surface area contributed by atoms with Crippen LogP contribution < -0.4 is 0 Å². The van der Waals surface area contributed by atoms with E-state index in [-0.39, 0.29) is 18.6 Å². The third-order valence-corrected chi connectivity index (χ3v) is 5.92. The molecule has 2 aliphatic rings. The summed E-state index contributed by atoms with van der Waals surface area (Å²) < 4.78 is 5.04. The molecule has 1 N–H and O–H groups in total. The summed E-state index contributed by atoms with van der Waals surface area (Å²) in [5.74, 6) is -1.93. The highest BCUT2D eigenvalue weighted by molar-refractivity contribution is 5.88. The second-order valence-corrected chi connectivity index (χ2v) is 7.64. The van der Waals surface area contributed by atoms with Gasteiger partial charge in [0.15, 0.2) is 0 Å². The first-order chi connectivity index (χ1) is 13.4. The number of nitroso groups, excluding NO2 is 1. The van der Waals surface area contributed by atoms with Gasteiger partial charge in [0.05, 0.1) is 11.9 Å². The lowest BCUT2D eigenvalue weighted by Gasteiger charge is -2.37. The first-order valence-electron chi connectivity index (χ1n) is 10.2. The molecule has 2 rings (SSSR count). The Kier molecular flexibility index (Phi) is 7.77. The topological polar surface area (TPSA) is 117 Å². The molecule has 0 radical (unpaired) electrons. The second-order valence-electron chi connectivity index (χ2n) is 7.64. The predicted molar refractivity (Wildman–Crippen MR) is 101 cm³/mol. The van der Waals surface area contributed by atoms with E-state index in [9.17, 15) is 24.4 Å². The van der Waals surface area contributed by atoms with Gasteiger partial charge in [0, 0.05) is 6.04 Å². The lowest BCUT2D eigenvalue weighted by Crippen LogP contribution is -2.55. The Balaban J connectivity index is 2.26. The summed E-state index contributed by atoms with van der Waals surface area (Å²) in [7, 11) is 0. The molecule has 0 spiro atoms. The van der Waals surface area contributed by atoms with E-state index < -0.39 is 36.0 Å². The van der Waals surface area contributed by atoms with Gasteiger partial charge in [0.2, 0.25) is 5.91 Å². The minimum absolute atomic E-state index is 0.134. The Labute approximate surface area is 165 Å². The Hall–Kier alpha value is -2.19. The van der Waals surface area contributed by atoms with Crippen molar-refractivity contribution in [3.63, 3.8) is 0 Å². The van der Waals surface area contributed by atoms with Crippen LogP contribution in [0.5, 0.6) is 0 Å². The summed E-state index contributed by atoms with van der Waals surface area (Å²) in [6.45, 7) is 5.18. The minimum Gasteiger partial charge on any atom is -0.480 e. The van der Waals surface area contributed by atoms with Crippen LogP contribution in [0.1, 0.15) is 65.7 Å². The van der Waals surface area contributed by atoms with Gasteiger partial charge in [-0.05, 0) is 45.4 Å². The molecule has 28 heavy (non-hydrogen) atoms. The molecule has 2 fully saturated rings. The number of hydrogen-bond donors (Lipinski definition) is 1. The molecule has 0 aromatic rings. The number of fused-ring (bicyclic) bond motifs is 1. The highest BCUT2D eigenvalue weighted by Crippen LogP contribution is 2.40. The Morgan fingerprint density at radius 2 is 1.93 bits per heavy atom. The Morgan fingerprint density at radius 1 is 1.25 bits per heavy atom. The van der Waals surface area contributed by atoms with E-state index in [2.05, 4.69) is 5.29 Å². The van der Waals surface area contributed by atoms with E-state index in [1.54, 1.807) is 6.92 Å². The summed E-state index contributed by atoms with van der Waals surface area (Å²) in [5, 5.41) is 13.5. The van der Waals surface area contributed by atoms with Crippen molar-refractivity contribution >= 4 is 17.8 Å². The van der Waals surface area contributed by atoms with Crippen molar-refractivity contribution in [1.82, 2.24) is 9.91 Å². The van der Waals surface area contributed by atoms with Gasteiger partial charge in [0.1, 0.15) is 18.1 Å². The number of carboxylic acid groups (broad SMARTS) is 1. The number of ether oxygens (including phenoxy) is 1. The monoisotopic (exact) mass is 397 g/mol. The van der Waals surface area contributed by atoms with Crippen molar-refractivity contribution in [2.45, 2.75) is 89.9 Å². The molecule has 158 valence electrons. The molecule has 9 nitrogen and oxygen atoms in total. The second kappa shape index (κ2) is 9.84. The number of rotatable bonds is 9. The van der Waals surface area contributed by atoms with Gasteiger partial charge in [-0.1, -0.05) is 26.2 Å². The van der Waals surface area contributed by atoms with E-state index >= 15 is 0 Å². The largest absolute Gasteiger partial charge is 0.480 e. The third kappa shape index (κ3) is 4.44. The maximum atomic E-state index is 13.3. The highest BCUT2D eigenvalue weighted by atomic mass is 16.5. The van der Waals surface area contributed by atoms with Crippen LogP contribution in [0, 0.1) is 10.8 Å². The zero-order chi connectivity index (χ0) is 20.8. The van der Waals surface area contributed by atoms with Crippen LogP contribution in [0.3, 0.4) is 0 Å². The fourth-order valence-corrected chi connectivity index (χ4v) is 4.59. The lowest BCUT2D eigenvalue weighted by molar-refractivity contribution is -0.157. The van der Waals surface area contributed by atoms with Crippen LogP contribution in [0.25, 0.3) is 0 Å². The molecule has 0 aromatic heterocycles. The van der Waals surface area contributed by atoms with E-state index in [4.69, 9.17) is 4.74 Å².